The maximum Gasteiger partial charge on any atom is 0.454 e. The first-order valence-corrected chi connectivity index (χ1v) is 10.3. The second-order valence-electron chi connectivity index (χ2n) is 7.20. The minimum atomic E-state index is -4.94. The van der Waals surface area contributed by atoms with Crippen molar-refractivity contribution in [3.8, 4) is 0 Å². The van der Waals surface area contributed by atoms with Crippen molar-refractivity contribution in [2.24, 2.45) is 0 Å². The van der Waals surface area contributed by atoms with Gasteiger partial charge in [0, 0.05) is 21.9 Å². The summed E-state index contributed by atoms with van der Waals surface area (Å²) in [5, 5.41) is 0.467. The van der Waals surface area contributed by atoms with E-state index in [1.807, 2.05) is 0 Å². The van der Waals surface area contributed by atoms with Crippen molar-refractivity contribution in [2.45, 2.75) is 70.4 Å². The number of benzene rings is 1. The van der Waals surface area contributed by atoms with E-state index in [-0.39, 0.29) is 24.1 Å². The fraction of sp³-hybridized carbons (Fsp3) is 0.524. The highest BCUT2D eigenvalue weighted by molar-refractivity contribution is 6.30. The lowest BCUT2D eigenvalue weighted by Crippen LogP contribution is -2.39. The summed E-state index contributed by atoms with van der Waals surface area (Å²) in [6.45, 7) is 0. The van der Waals surface area contributed by atoms with E-state index in [2.05, 4.69) is 10.9 Å². The van der Waals surface area contributed by atoms with Crippen LogP contribution in [0.5, 0.6) is 0 Å². The monoisotopic (exact) mass is 430 g/mol. The third-order valence-electron chi connectivity index (χ3n) is 4.93. The Hall–Kier alpha value is -2.02. The van der Waals surface area contributed by atoms with Gasteiger partial charge in [0.25, 0.3) is 11.7 Å². The summed E-state index contributed by atoms with van der Waals surface area (Å²) in [5.41, 5.74) is 5.21. The fourth-order valence-electron chi connectivity index (χ4n) is 3.33. The number of allylic oxidation sites excluding steroid dienone is 2. The van der Waals surface area contributed by atoms with Crippen molar-refractivity contribution in [2.75, 3.05) is 0 Å². The Bertz CT molecular complexity index is 730. The highest BCUT2D eigenvalue weighted by Gasteiger charge is 2.41. The number of amides is 1. The van der Waals surface area contributed by atoms with Crippen LogP contribution in [0.1, 0.15) is 74.6 Å². The molecular weight excluding hydrogens is 405 g/mol. The predicted octanol–water partition coefficient (Wildman–Crippen LogP) is 5.87. The third-order valence-corrected chi connectivity index (χ3v) is 5.18. The van der Waals surface area contributed by atoms with Crippen molar-refractivity contribution in [3.63, 3.8) is 0 Å². The SMILES string of the molecule is O=C(NNC1=C(C(=O)C(F)(F)F)CCCCCCCCCC1)c1ccc(Cl)cc1. The lowest BCUT2D eigenvalue weighted by atomic mass is 9.96. The van der Waals surface area contributed by atoms with Crippen molar-refractivity contribution in [3.05, 3.63) is 46.1 Å². The smallest absolute Gasteiger partial charge is 0.302 e. The molecule has 0 atom stereocenters. The minimum absolute atomic E-state index is 0.0392. The molecule has 8 heteroatoms. The molecule has 0 unspecified atom stereocenters. The highest BCUT2D eigenvalue weighted by atomic mass is 35.5. The van der Waals surface area contributed by atoms with Gasteiger partial charge in [-0.1, -0.05) is 50.1 Å². The first-order valence-electron chi connectivity index (χ1n) is 9.94. The van der Waals surface area contributed by atoms with Crippen molar-refractivity contribution >= 4 is 23.3 Å². The quantitative estimate of drug-likeness (QED) is 0.587. The molecule has 1 aliphatic rings. The van der Waals surface area contributed by atoms with E-state index >= 15 is 0 Å². The number of alkyl halides is 3. The Morgan fingerprint density at radius 3 is 1.90 bits per heavy atom. The normalized spacial score (nSPS) is 17.1. The van der Waals surface area contributed by atoms with Gasteiger partial charge in [-0.2, -0.15) is 13.2 Å². The van der Waals surface area contributed by atoms with Gasteiger partial charge < -0.3 is 5.43 Å². The second kappa shape index (κ2) is 11.2. The maximum atomic E-state index is 13.2. The van der Waals surface area contributed by atoms with Gasteiger partial charge in [0.15, 0.2) is 0 Å². The highest BCUT2D eigenvalue weighted by Crippen LogP contribution is 2.28. The average Bonchev–Trinajstić information content (AvgIpc) is 2.66. The molecule has 0 heterocycles. The lowest BCUT2D eigenvalue weighted by Gasteiger charge is -2.19. The van der Waals surface area contributed by atoms with Crippen LogP contribution in [0.25, 0.3) is 0 Å². The summed E-state index contributed by atoms with van der Waals surface area (Å²) < 4.78 is 39.5. The Labute approximate surface area is 173 Å². The van der Waals surface area contributed by atoms with Crippen LogP contribution in [-0.4, -0.2) is 17.9 Å². The summed E-state index contributed by atoms with van der Waals surface area (Å²) >= 11 is 5.80. The average molecular weight is 431 g/mol. The van der Waals surface area contributed by atoms with Gasteiger partial charge in [0.05, 0.1) is 0 Å². The van der Waals surface area contributed by atoms with Gasteiger partial charge in [-0.05, 0) is 49.9 Å². The Kier molecular flexibility index (Phi) is 9.01. The maximum absolute atomic E-state index is 13.2. The summed E-state index contributed by atoms with van der Waals surface area (Å²) in [7, 11) is 0. The van der Waals surface area contributed by atoms with Crippen LogP contribution in [0.2, 0.25) is 5.02 Å². The van der Waals surface area contributed by atoms with Crippen LogP contribution in [0.3, 0.4) is 0 Å². The fourth-order valence-corrected chi connectivity index (χ4v) is 3.46. The molecule has 1 amide bonds. The largest absolute Gasteiger partial charge is 0.454 e. The number of Topliss-reactive ketones (excluding diaryl/α,β-unsaturated/α-hetero) is 1. The number of hydrogen-bond acceptors (Lipinski definition) is 3. The number of halogens is 4. The number of carbonyl (C=O) groups is 2. The van der Waals surface area contributed by atoms with Gasteiger partial charge in [-0.25, -0.2) is 0 Å². The molecule has 0 fully saturated rings. The van der Waals surface area contributed by atoms with Crippen LogP contribution >= 0.6 is 11.6 Å². The third kappa shape index (κ3) is 7.72. The molecule has 160 valence electrons. The number of hydrazine groups is 1. The van der Waals surface area contributed by atoms with Gasteiger partial charge in [-0.3, -0.25) is 15.0 Å². The molecule has 1 aromatic carbocycles. The second-order valence-corrected chi connectivity index (χ2v) is 7.63. The molecule has 1 aromatic rings. The van der Waals surface area contributed by atoms with E-state index in [4.69, 9.17) is 11.6 Å². The van der Waals surface area contributed by atoms with Gasteiger partial charge >= 0.3 is 6.18 Å². The summed E-state index contributed by atoms with van der Waals surface area (Å²) in [5.74, 6) is -2.35. The van der Waals surface area contributed by atoms with Crippen LogP contribution in [0.15, 0.2) is 35.5 Å². The van der Waals surface area contributed by atoms with Crippen molar-refractivity contribution < 1.29 is 22.8 Å². The number of hydrogen-bond donors (Lipinski definition) is 2. The van der Waals surface area contributed by atoms with E-state index in [0.717, 1.165) is 38.5 Å². The first-order chi connectivity index (χ1) is 13.8. The standard InChI is InChI=1S/C21H26ClF3N2O2/c22-16-13-11-15(12-14-16)20(29)27-26-18-10-8-6-4-2-1-3-5-7-9-17(18)19(28)21(23,24)25/h11-14,26H,1-10H2,(H,27,29). The minimum Gasteiger partial charge on any atom is -0.302 e. The molecule has 0 radical (unpaired) electrons. The summed E-state index contributed by atoms with van der Waals surface area (Å²) in [6.07, 6.45) is 2.29. The van der Waals surface area contributed by atoms with Crippen molar-refractivity contribution in [1.82, 2.24) is 10.9 Å². The molecule has 0 saturated heterocycles. The lowest BCUT2D eigenvalue weighted by molar-refractivity contribution is -0.166. The Morgan fingerprint density at radius 2 is 1.34 bits per heavy atom. The zero-order valence-corrected chi connectivity index (χ0v) is 17.0. The predicted molar refractivity (Wildman–Crippen MR) is 106 cm³/mol. The molecule has 0 spiro atoms. The van der Waals surface area contributed by atoms with Gasteiger partial charge in [-0.15, -0.1) is 0 Å². The molecule has 0 saturated carbocycles. The Balaban J connectivity index is 2.21. The topological polar surface area (TPSA) is 58.2 Å². The van der Waals surface area contributed by atoms with Crippen LogP contribution in [0.4, 0.5) is 13.2 Å². The van der Waals surface area contributed by atoms with E-state index in [0.29, 0.717) is 23.4 Å². The molecule has 1 aliphatic carbocycles. The molecule has 0 bridgehead atoms. The van der Waals surface area contributed by atoms with E-state index in [1.165, 1.54) is 12.1 Å². The molecule has 4 nitrogen and oxygen atoms in total. The molecular formula is C21H26ClF3N2O2. The van der Waals surface area contributed by atoms with Gasteiger partial charge in [0.2, 0.25) is 0 Å². The Morgan fingerprint density at radius 1 is 0.828 bits per heavy atom. The first kappa shape index (κ1) is 23.3. The van der Waals surface area contributed by atoms with Crippen molar-refractivity contribution in [1.29, 1.82) is 0 Å². The van der Waals surface area contributed by atoms with E-state index in [1.54, 1.807) is 12.1 Å². The summed E-state index contributed by atoms with van der Waals surface area (Å²) in [4.78, 5) is 24.4. The number of carbonyl (C=O) groups excluding carboxylic acids is 2. The zero-order chi connectivity index (χ0) is 21.3. The van der Waals surface area contributed by atoms with Crippen LogP contribution in [-0.2, 0) is 4.79 Å². The number of ketones is 1. The molecule has 0 aromatic heterocycles. The van der Waals surface area contributed by atoms with Crippen LogP contribution in [0, 0.1) is 0 Å². The zero-order valence-electron chi connectivity index (χ0n) is 16.2. The van der Waals surface area contributed by atoms with E-state index in [9.17, 15) is 22.8 Å². The number of rotatable bonds is 4. The van der Waals surface area contributed by atoms with Gasteiger partial charge in [0.1, 0.15) is 0 Å². The molecule has 2 rings (SSSR count). The van der Waals surface area contributed by atoms with E-state index < -0.39 is 17.9 Å². The van der Waals surface area contributed by atoms with Crippen LogP contribution < -0.4 is 10.9 Å². The number of nitrogens with one attached hydrogen (secondary N) is 2. The summed E-state index contributed by atoms with van der Waals surface area (Å²) in [6, 6.07) is 6.11. The molecule has 2 N–H and O–H groups in total. The molecule has 29 heavy (non-hydrogen) atoms. The molecule has 0 aliphatic heterocycles.